The van der Waals surface area contributed by atoms with E-state index in [4.69, 9.17) is 27.0 Å². The second-order valence-electron chi connectivity index (χ2n) is 5.52. The number of allylic oxidation sites excluding steroid dienone is 1. The van der Waals surface area contributed by atoms with Crippen LogP contribution in [0.3, 0.4) is 0 Å². The Hall–Kier alpha value is -2.59. The lowest BCUT2D eigenvalue weighted by Gasteiger charge is -2.32. The van der Waals surface area contributed by atoms with Gasteiger partial charge in [0.1, 0.15) is 11.8 Å². The van der Waals surface area contributed by atoms with Gasteiger partial charge in [0.15, 0.2) is 11.7 Å². The number of nitriles is 1. The summed E-state index contributed by atoms with van der Waals surface area (Å²) in [5, 5.41) is 15.2. The molecule has 2 rings (SSSR count). The lowest BCUT2D eigenvalue weighted by Crippen LogP contribution is -2.46. The van der Waals surface area contributed by atoms with Crippen molar-refractivity contribution in [2.45, 2.75) is 19.9 Å². The number of benzene rings is 1. The Bertz CT molecular complexity index is 705. The number of thiocarbonyl (C=S) groups is 1. The maximum absolute atomic E-state index is 12.3. The molecule has 1 aliphatic heterocycles. The number of esters is 1. The van der Waals surface area contributed by atoms with Crippen molar-refractivity contribution < 1.29 is 14.3 Å². The summed E-state index contributed by atoms with van der Waals surface area (Å²) in [6, 6.07) is 8.68. The molecule has 0 radical (unpaired) electrons. The number of methoxy groups -OCH3 is 1. The van der Waals surface area contributed by atoms with Gasteiger partial charge in [-0.3, -0.25) is 0 Å². The fourth-order valence-electron chi connectivity index (χ4n) is 2.50. The van der Waals surface area contributed by atoms with E-state index in [0.29, 0.717) is 16.4 Å². The molecule has 0 fully saturated rings. The molecular formula is C17H19N3O3S. The summed E-state index contributed by atoms with van der Waals surface area (Å²) in [5.41, 5.74) is 2.11. The molecule has 7 heteroatoms. The molecule has 2 N–H and O–H groups in total. The molecule has 1 heterocycles. The SMILES string of the molecule is COC(=O)C1=C(C(C)C)NC(=S)N[C@H]1c1ccc(OCC#N)cc1. The standard InChI is InChI=1S/C17H19N3O3S/c1-10(2)14-13(16(21)22-3)15(20-17(24)19-14)11-4-6-12(7-5-11)23-9-8-18/h4-7,10,15H,9H2,1-3H3,(H2,19,20,24)/t15-/m0/s1. The fourth-order valence-corrected chi connectivity index (χ4v) is 2.73. The van der Waals surface area contributed by atoms with E-state index in [-0.39, 0.29) is 12.5 Å². The molecule has 0 amide bonds. The van der Waals surface area contributed by atoms with Crippen LogP contribution < -0.4 is 15.4 Å². The zero-order chi connectivity index (χ0) is 17.7. The topological polar surface area (TPSA) is 83.4 Å². The molecule has 126 valence electrons. The summed E-state index contributed by atoms with van der Waals surface area (Å²) >= 11 is 5.27. The van der Waals surface area contributed by atoms with Gasteiger partial charge in [0.05, 0.1) is 18.7 Å². The molecule has 0 unspecified atom stereocenters. The van der Waals surface area contributed by atoms with E-state index in [0.717, 1.165) is 11.3 Å². The second-order valence-corrected chi connectivity index (χ2v) is 5.93. The average molecular weight is 345 g/mol. The second kappa shape index (κ2) is 7.79. The number of ether oxygens (including phenoxy) is 2. The molecule has 0 bridgehead atoms. The van der Waals surface area contributed by atoms with E-state index >= 15 is 0 Å². The van der Waals surface area contributed by atoms with Crippen molar-refractivity contribution >= 4 is 23.3 Å². The third kappa shape index (κ3) is 3.84. The predicted molar refractivity (Wildman–Crippen MR) is 93.0 cm³/mol. The van der Waals surface area contributed by atoms with E-state index < -0.39 is 12.0 Å². The summed E-state index contributed by atoms with van der Waals surface area (Å²) in [7, 11) is 1.36. The Balaban J connectivity index is 2.41. The molecule has 6 nitrogen and oxygen atoms in total. The maximum Gasteiger partial charge on any atom is 0.337 e. The normalized spacial score (nSPS) is 17.0. The van der Waals surface area contributed by atoms with Gasteiger partial charge in [-0.1, -0.05) is 26.0 Å². The molecular weight excluding hydrogens is 326 g/mol. The first kappa shape index (κ1) is 17.8. The lowest BCUT2D eigenvalue weighted by molar-refractivity contribution is -0.136. The highest BCUT2D eigenvalue weighted by Crippen LogP contribution is 2.31. The van der Waals surface area contributed by atoms with Crippen LogP contribution in [0.15, 0.2) is 35.5 Å². The smallest absolute Gasteiger partial charge is 0.337 e. The largest absolute Gasteiger partial charge is 0.479 e. The van der Waals surface area contributed by atoms with Crippen molar-refractivity contribution in [3.63, 3.8) is 0 Å². The third-order valence-corrected chi connectivity index (χ3v) is 3.82. The Morgan fingerprint density at radius 2 is 2.04 bits per heavy atom. The maximum atomic E-state index is 12.3. The number of carbonyl (C=O) groups excluding carboxylic acids is 1. The Morgan fingerprint density at radius 1 is 1.38 bits per heavy atom. The first-order valence-corrected chi connectivity index (χ1v) is 7.88. The Labute approximate surface area is 146 Å². The molecule has 1 aromatic carbocycles. The Kier molecular flexibility index (Phi) is 5.77. The highest BCUT2D eigenvalue weighted by Gasteiger charge is 2.33. The monoisotopic (exact) mass is 345 g/mol. The van der Waals surface area contributed by atoms with Crippen molar-refractivity contribution in [3.8, 4) is 11.8 Å². The van der Waals surface area contributed by atoms with E-state index in [1.165, 1.54) is 7.11 Å². The molecule has 1 aliphatic rings. The minimum atomic E-state index is -0.409. The van der Waals surface area contributed by atoms with Gasteiger partial charge in [-0.15, -0.1) is 0 Å². The number of carbonyl (C=O) groups is 1. The van der Waals surface area contributed by atoms with E-state index in [1.54, 1.807) is 12.1 Å². The first-order chi connectivity index (χ1) is 11.5. The summed E-state index contributed by atoms with van der Waals surface area (Å²) in [6.45, 7) is 3.95. The van der Waals surface area contributed by atoms with Gasteiger partial charge < -0.3 is 20.1 Å². The van der Waals surface area contributed by atoms with E-state index in [9.17, 15) is 4.79 Å². The van der Waals surface area contributed by atoms with Crippen LogP contribution in [-0.4, -0.2) is 24.8 Å². The minimum absolute atomic E-state index is 0.0140. The number of nitrogens with one attached hydrogen (secondary N) is 2. The predicted octanol–water partition coefficient (Wildman–Crippen LogP) is 2.19. The van der Waals surface area contributed by atoms with Crippen molar-refractivity contribution in [3.05, 3.63) is 41.1 Å². The van der Waals surface area contributed by atoms with Gasteiger partial charge in [0.2, 0.25) is 0 Å². The molecule has 0 aliphatic carbocycles. The van der Waals surface area contributed by atoms with Crippen LogP contribution in [-0.2, 0) is 9.53 Å². The highest BCUT2D eigenvalue weighted by molar-refractivity contribution is 7.80. The van der Waals surface area contributed by atoms with Gasteiger partial charge in [-0.25, -0.2) is 4.79 Å². The third-order valence-electron chi connectivity index (χ3n) is 3.60. The van der Waals surface area contributed by atoms with Crippen LogP contribution >= 0.6 is 12.2 Å². The minimum Gasteiger partial charge on any atom is -0.479 e. The van der Waals surface area contributed by atoms with Crippen molar-refractivity contribution in [1.29, 1.82) is 5.26 Å². The van der Waals surface area contributed by atoms with Crippen molar-refractivity contribution in [2.75, 3.05) is 13.7 Å². The number of hydrogen-bond acceptors (Lipinski definition) is 5. The molecule has 24 heavy (non-hydrogen) atoms. The van der Waals surface area contributed by atoms with Gasteiger partial charge in [0, 0.05) is 5.70 Å². The number of rotatable bonds is 5. The summed E-state index contributed by atoms with van der Waals surface area (Å²) in [6.07, 6.45) is 0. The van der Waals surface area contributed by atoms with Crippen molar-refractivity contribution in [2.24, 2.45) is 5.92 Å². The highest BCUT2D eigenvalue weighted by atomic mass is 32.1. The van der Waals surface area contributed by atoms with Gasteiger partial charge in [-0.2, -0.15) is 5.26 Å². The molecule has 0 spiro atoms. The molecule has 1 atom stereocenters. The zero-order valence-corrected chi connectivity index (χ0v) is 14.6. The summed E-state index contributed by atoms with van der Waals surface area (Å²) in [4.78, 5) is 12.3. The summed E-state index contributed by atoms with van der Waals surface area (Å²) < 4.78 is 10.2. The number of hydrogen-bond donors (Lipinski definition) is 2. The lowest BCUT2D eigenvalue weighted by atomic mass is 9.91. The van der Waals surface area contributed by atoms with E-state index in [2.05, 4.69) is 10.6 Å². The van der Waals surface area contributed by atoms with Gasteiger partial charge in [-0.05, 0) is 35.8 Å². The van der Waals surface area contributed by atoms with Crippen LogP contribution in [0, 0.1) is 17.2 Å². The molecule has 1 aromatic rings. The Morgan fingerprint density at radius 3 is 2.58 bits per heavy atom. The van der Waals surface area contributed by atoms with Crippen LogP contribution in [0.25, 0.3) is 0 Å². The van der Waals surface area contributed by atoms with Gasteiger partial charge >= 0.3 is 5.97 Å². The molecule has 0 saturated heterocycles. The van der Waals surface area contributed by atoms with Gasteiger partial charge in [0.25, 0.3) is 0 Å². The molecule has 0 saturated carbocycles. The number of nitrogens with zero attached hydrogens (tertiary/aromatic N) is 1. The van der Waals surface area contributed by atoms with Crippen LogP contribution in [0.1, 0.15) is 25.5 Å². The van der Waals surface area contributed by atoms with E-state index in [1.807, 2.05) is 32.0 Å². The zero-order valence-electron chi connectivity index (χ0n) is 13.8. The van der Waals surface area contributed by atoms with Crippen molar-refractivity contribution in [1.82, 2.24) is 10.6 Å². The van der Waals surface area contributed by atoms with Crippen LogP contribution in [0.5, 0.6) is 5.75 Å². The van der Waals surface area contributed by atoms with Crippen LogP contribution in [0.4, 0.5) is 0 Å². The van der Waals surface area contributed by atoms with Crippen LogP contribution in [0.2, 0.25) is 0 Å². The first-order valence-electron chi connectivity index (χ1n) is 7.47. The average Bonchev–Trinajstić information content (AvgIpc) is 2.58. The molecule has 0 aromatic heterocycles. The summed E-state index contributed by atoms with van der Waals surface area (Å²) in [5.74, 6) is 0.264. The quantitative estimate of drug-likeness (QED) is 0.625. The fraction of sp³-hybridized carbons (Fsp3) is 0.353.